The molecule has 1 fully saturated rings. The number of imide groups is 1. The van der Waals surface area contributed by atoms with Crippen LogP contribution in [0.3, 0.4) is 0 Å². The Hall–Kier alpha value is -3.68. The van der Waals surface area contributed by atoms with Gasteiger partial charge in [0.05, 0.1) is 0 Å². The molecule has 4 amide bonds. The highest BCUT2D eigenvalue weighted by atomic mass is 16.6. The molecule has 1 atom stereocenters. The molecule has 1 N–H and O–H groups in total. The van der Waals surface area contributed by atoms with Crippen molar-refractivity contribution >= 4 is 29.5 Å². The van der Waals surface area contributed by atoms with E-state index in [1.807, 2.05) is 24.3 Å². The van der Waals surface area contributed by atoms with Crippen LogP contribution >= 0.6 is 0 Å². The Labute approximate surface area is 192 Å². The van der Waals surface area contributed by atoms with E-state index in [-0.39, 0.29) is 35.9 Å². The van der Waals surface area contributed by atoms with Crippen LogP contribution in [0, 0.1) is 0 Å². The third kappa shape index (κ3) is 4.46. The number of fused-ring (bicyclic) bond motifs is 1. The van der Waals surface area contributed by atoms with E-state index in [0.717, 1.165) is 11.1 Å². The molecule has 2 aromatic carbocycles. The van der Waals surface area contributed by atoms with E-state index < -0.39 is 18.0 Å². The lowest BCUT2D eigenvalue weighted by atomic mass is 9.87. The van der Waals surface area contributed by atoms with E-state index in [4.69, 9.17) is 4.74 Å². The van der Waals surface area contributed by atoms with Crippen molar-refractivity contribution in [2.75, 3.05) is 11.9 Å². The maximum Gasteiger partial charge on any atom is 0.419 e. The predicted octanol–water partition coefficient (Wildman–Crippen LogP) is 3.38. The summed E-state index contributed by atoms with van der Waals surface area (Å²) in [5, 5.41) is 2.29. The van der Waals surface area contributed by atoms with Crippen LogP contribution in [-0.2, 0) is 21.5 Å². The number of nitrogens with zero attached hydrogens (tertiary/aromatic N) is 2. The summed E-state index contributed by atoms with van der Waals surface area (Å²) in [5.74, 6) is -0.857. The Kier molecular flexibility index (Phi) is 5.69. The highest BCUT2D eigenvalue weighted by Crippen LogP contribution is 2.31. The average Bonchev–Trinajstić information content (AvgIpc) is 3.08. The molecule has 2 aliphatic rings. The van der Waals surface area contributed by atoms with Crippen molar-refractivity contribution in [3.05, 3.63) is 59.2 Å². The van der Waals surface area contributed by atoms with Gasteiger partial charge in [-0.2, -0.15) is 0 Å². The molecule has 4 rings (SSSR count). The molecule has 33 heavy (non-hydrogen) atoms. The van der Waals surface area contributed by atoms with Gasteiger partial charge in [0.25, 0.3) is 5.91 Å². The van der Waals surface area contributed by atoms with Gasteiger partial charge in [0.1, 0.15) is 11.8 Å². The lowest BCUT2D eigenvalue weighted by Crippen LogP contribution is -2.52. The number of carbonyl (C=O) groups excluding carboxylic acids is 4. The Morgan fingerprint density at radius 3 is 2.58 bits per heavy atom. The number of ether oxygens (including phenoxy) is 1. The van der Waals surface area contributed by atoms with Gasteiger partial charge >= 0.3 is 6.09 Å². The molecular formula is C25H27N3O5. The van der Waals surface area contributed by atoms with Gasteiger partial charge in [0.15, 0.2) is 0 Å². The van der Waals surface area contributed by atoms with E-state index >= 15 is 0 Å². The fourth-order valence-corrected chi connectivity index (χ4v) is 4.05. The SMILES string of the molecule is CN(C(=O)Oc1ccc2c(c1)C(=O)N(C1CCC(=O)NC1=O)C2)c1cccc(C(C)(C)C)c1. The van der Waals surface area contributed by atoms with Crippen molar-refractivity contribution in [3.63, 3.8) is 0 Å². The van der Waals surface area contributed by atoms with E-state index in [2.05, 4.69) is 26.1 Å². The zero-order valence-electron chi connectivity index (χ0n) is 19.2. The fraction of sp³-hybridized carbons (Fsp3) is 0.360. The van der Waals surface area contributed by atoms with Gasteiger partial charge in [-0.05, 0) is 47.2 Å². The van der Waals surface area contributed by atoms with Crippen molar-refractivity contribution in [3.8, 4) is 5.75 Å². The summed E-state index contributed by atoms with van der Waals surface area (Å²) >= 11 is 0. The second-order valence-corrected chi connectivity index (χ2v) is 9.45. The smallest absolute Gasteiger partial charge is 0.410 e. The van der Waals surface area contributed by atoms with Gasteiger partial charge in [0.2, 0.25) is 11.8 Å². The van der Waals surface area contributed by atoms with Gasteiger partial charge in [-0.15, -0.1) is 0 Å². The number of piperidine rings is 1. The molecule has 172 valence electrons. The summed E-state index contributed by atoms with van der Waals surface area (Å²) in [6.07, 6.45) is -0.0826. The highest BCUT2D eigenvalue weighted by Gasteiger charge is 2.39. The fourth-order valence-electron chi connectivity index (χ4n) is 4.05. The predicted molar refractivity (Wildman–Crippen MR) is 122 cm³/mol. The van der Waals surface area contributed by atoms with Gasteiger partial charge in [-0.25, -0.2) is 4.79 Å². The lowest BCUT2D eigenvalue weighted by molar-refractivity contribution is -0.136. The quantitative estimate of drug-likeness (QED) is 0.725. The van der Waals surface area contributed by atoms with E-state index in [1.54, 1.807) is 19.2 Å². The topological polar surface area (TPSA) is 96.0 Å². The maximum atomic E-state index is 13.0. The molecule has 0 spiro atoms. The van der Waals surface area contributed by atoms with Crippen molar-refractivity contribution in [2.24, 2.45) is 0 Å². The minimum atomic E-state index is -0.685. The number of rotatable bonds is 3. The van der Waals surface area contributed by atoms with Crippen LogP contribution in [0.1, 0.15) is 55.1 Å². The molecule has 2 aromatic rings. The number of anilines is 1. The summed E-state index contributed by atoms with van der Waals surface area (Å²) in [7, 11) is 1.63. The highest BCUT2D eigenvalue weighted by molar-refractivity contribution is 6.05. The monoisotopic (exact) mass is 449 g/mol. The van der Waals surface area contributed by atoms with Crippen LogP contribution in [0.25, 0.3) is 0 Å². The molecule has 0 bridgehead atoms. The third-order valence-corrected chi connectivity index (χ3v) is 6.08. The second-order valence-electron chi connectivity index (χ2n) is 9.45. The molecule has 0 aromatic heterocycles. The van der Waals surface area contributed by atoms with E-state index in [0.29, 0.717) is 17.7 Å². The zero-order valence-corrected chi connectivity index (χ0v) is 19.2. The van der Waals surface area contributed by atoms with Crippen LogP contribution < -0.4 is 15.0 Å². The minimum absolute atomic E-state index is 0.0600. The summed E-state index contributed by atoms with van der Waals surface area (Å²) in [6, 6.07) is 11.9. The van der Waals surface area contributed by atoms with E-state index in [9.17, 15) is 19.2 Å². The number of benzene rings is 2. The van der Waals surface area contributed by atoms with Crippen molar-refractivity contribution in [1.82, 2.24) is 10.2 Å². The number of nitrogens with one attached hydrogen (secondary N) is 1. The Morgan fingerprint density at radius 2 is 1.88 bits per heavy atom. The molecule has 0 radical (unpaired) electrons. The minimum Gasteiger partial charge on any atom is -0.410 e. The van der Waals surface area contributed by atoms with Gasteiger partial charge in [-0.3, -0.25) is 24.6 Å². The summed E-state index contributed by atoms with van der Waals surface area (Å²) in [4.78, 5) is 52.2. The van der Waals surface area contributed by atoms with Crippen LogP contribution in [0.4, 0.5) is 10.5 Å². The molecule has 8 nitrogen and oxygen atoms in total. The number of amides is 4. The lowest BCUT2D eigenvalue weighted by Gasteiger charge is -2.29. The largest absolute Gasteiger partial charge is 0.419 e. The first-order chi connectivity index (χ1) is 15.5. The average molecular weight is 450 g/mol. The van der Waals surface area contributed by atoms with Gasteiger partial charge < -0.3 is 9.64 Å². The number of hydrogen-bond donors (Lipinski definition) is 1. The van der Waals surface area contributed by atoms with Crippen LogP contribution in [0.5, 0.6) is 5.75 Å². The second kappa shape index (κ2) is 8.35. The maximum absolute atomic E-state index is 13.0. The third-order valence-electron chi connectivity index (χ3n) is 6.08. The molecule has 2 aliphatic heterocycles. The van der Waals surface area contributed by atoms with Crippen molar-refractivity contribution in [2.45, 2.75) is 51.6 Å². The molecule has 0 aliphatic carbocycles. The molecule has 1 saturated heterocycles. The Bertz CT molecular complexity index is 1150. The Morgan fingerprint density at radius 1 is 1.12 bits per heavy atom. The van der Waals surface area contributed by atoms with Gasteiger partial charge in [-0.1, -0.05) is 39.0 Å². The first-order valence-electron chi connectivity index (χ1n) is 10.9. The van der Waals surface area contributed by atoms with E-state index in [1.165, 1.54) is 15.9 Å². The first kappa shape index (κ1) is 22.5. The summed E-state index contributed by atoms with van der Waals surface area (Å²) < 4.78 is 5.54. The molecular weight excluding hydrogens is 422 g/mol. The zero-order chi connectivity index (χ0) is 23.9. The molecule has 0 saturated carbocycles. The van der Waals surface area contributed by atoms with Gasteiger partial charge in [0, 0.05) is 31.3 Å². The van der Waals surface area contributed by atoms with Crippen LogP contribution in [0.15, 0.2) is 42.5 Å². The standard InChI is InChI=1S/C25H27N3O5/c1-25(2,3)16-6-5-7-17(12-16)27(4)24(32)33-18-9-8-15-14-28(23(31)19(15)13-18)20-10-11-21(29)26-22(20)30/h5-9,12-13,20H,10-11,14H2,1-4H3,(H,26,29,30). The van der Waals surface area contributed by atoms with Crippen molar-refractivity contribution in [1.29, 1.82) is 0 Å². The molecule has 2 heterocycles. The Balaban J connectivity index is 1.48. The van der Waals surface area contributed by atoms with Crippen molar-refractivity contribution < 1.29 is 23.9 Å². The number of carbonyl (C=O) groups is 4. The normalized spacial score (nSPS) is 18.1. The molecule has 1 unspecified atom stereocenters. The molecule has 8 heteroatoms. The van der Waals surface area contributed by atoms with Crippen LogP contribution in [-0.4, -0.2) is 41.8 Å². The van der Waals surface area contributed by atoms with Crippen LogP contribution in [0.2, 0.25) is 0 Å². The first-order valence-corrected chi connectivity index (χ1v) is 10.9. The summed E-state index contributed by atoms with van der Waals surface area (Å²) in [5.41, 5.74) is 2.87. The summed E-state index contributed by atoms with van der Waals surface area (Å²) in [6.45, 7) is 6.58. The number of hydrogen-bond acceptors (Lipinski definition) is 5.